The zero-order valence-electron chi connectivity index (χ0n) is 6.58. The lowest BCUT2D eigenvalue weighted by Crippen LogP contribution is -2.38. The minimum absolute atomic E-state index is 0.329. The molecular weight excluding hydrogens is 184 g/mol. The summed E-state index contributed by atoms with van der Waals surface area (Å²) in [6.07, 6.45) is 3.23. The number of ketones is 1. The molecule has 0 aliphatic heterocycles. The van der Waals surface area contributed by atoms with Crippen LogP contribution in [0, 0.1) is 0 Å². The van der Waals surface area contributed by atoms with E-state index in [-0.39, 0.29) is 5.78 Å². The number of rotatable bonds is 4. The summed E-state index contributed by atoms with van der Waals surface area (Å²) in [4.78, 5) is 21.6. The number of carboxylic acids is 1. The van der Waals surface area contributed by atoms with Gasteiger partial charge < -0.3 is 5.11 Å². The Hall–Kier alpha value is -0.160. The molecule has 1 N–H and O–H groups in total. The summed E-state index contributed by atoms with van der Waals surface area (Å²) in [7, 11) is 0. The van der Waals surface area contributed by atoms with Gasteiger partial charge in [0.1, 0.15) is 0 Å². The zero-order valence-corrected chi connectivity index (χ0v) is 8.21. The Kier molecular flexibility index (Phi) is 3.96. The standard InChI is InChI=1S/C6H10O3S2/c1-4(7)6(10-2,11-3)5(8)9/h1-3H3,(H,8,9). The monoisotopic (exact) mass is 194 g/mol. The van der Waals surface area contributed by atoms with Gasteiger partial charge in [-0.25, -0.2) is 4.79 Å². The van der Waals surface area contributed by atoms with E-state index >= 15 is 0 Å². The Bertz CT molecular complexity index is 159. The van der Waals surface area contributed by atoms with Gasteiger partial charge in [-0.1, -0.05) is 0 Å². The topological polar surface area (TPSA) is 54.4 Å². The first-order valence-corrected chi connectivity index (χ1v) is 5.31. The predicted octanol–water partition coefficient (Wildman–Crippen LogP) is 1.08. The van der Waals surface area contributed by atoms with Crippen LogP contribution in [0.5, 0.6) is 0 Å². The van der Waals surface area contributed by atoms with E-state index in [1.807, 2.05) is 0 Å². The van der Waals surface area contributed by atoms with Crippen LogP contribution in [0.2, 0.25) is 0 Å². The van der Waals surface area contributed by atoms with E-state index in [1.165, 1.54) is 6.92 Å². The number of Topliss-reactive ketones (excluding diaryl/α,β-unsaturated/α-hetero) is 1. The van der Waals surface area contributed by atoms with Crippen molar-refractivity contribution in [3.05, 3.63) is 0 Å². The molecule has 5 heteroatoms. The second-order valence-corrected chi connectivity index (χ2v) is 4.19. The van der Waals surface area contributed by atoms with Gasteiger partial charge in [-0.05, 0) is 19.4 Å². The van der Waals surface area contributed by atoms with Crippen LogP contribution in [-0.4, -0.2) is 33.4 Å². The first-order valence-electron chi connectivity index (χ1n) is 2.86. The molecule has 0 radical (unpaired) electrons. The molecule has 0 bridgehead atoms. The first kappa shape index (κ1) is 10.8. The number of carbonyl (C=O) groups is 2. The number of thioether (sulfide) groups is 2. The van der Waals surface area contributed by atoms with Gasteiger partial charge in [0.15, 0.2) is 5.78 Å². The number of hydrogen-bond donors (Lipinski definition) is 1. The summed E-state index contributed by atoms with van der Waals surface area (Å²) in [5, 5.41) is 8.73. The van der Waals surface area contributed by atoms with Crippen molar-refractivity contribution in [2.45, 2.75) is 11.0 Å². The highest BCUT2D eigenvalue weighted by molar-refractivity contribution is 8.19. The average molecular weight is 194 g/mol. The van der Waals surface area contributed by atoms with E-state index in [9.17, 15) is 9.59 Å². The predicted molar refractivity (Wildman–Crippen MR) is 48.1 cm³/mol. The van der Waals surface area contributed by atoms with Gasteiger partial charge in [-0.2, -0.15) is 0 Å². The Morgan fingerprint density at radius 1 is 1.27 bits per heavy atom. The van der Waals surface area contributed by atoms with Gasteiger partial charge in [0, 0.05) is 0 Å². The molecule has 0 aliphatic rings. The van der Waals surface area contributed by atoms with Crippen LogP contribution in [0.15, 0.2) is 0 Å². The fraction of sp³-hybridized carbons (Fsp3) is 0.667. The fourth-order valence-corrected chi connectivity index (χ4v) is 2.29. The molecule has 0 aromatic rings. The van der Waals surface area contributed by atoms with Gasteiger partial charge in [-0.3, -0.25) is 4.79 Å². The third kappa shape index (κ3) is 1.90. The maximum atomic E-state index is 10.9. The average Bonchev–Trinajstić information content (AvgIpc) is 1.90. The van der Waals surface area contributed by atoms with Crippen molar-refractivity contribution in [2.75, 3.05) is 12.5 Å². The van der Waals surface area contributed by atoms with Crippen molar-refractivity contribution in [2.24, 2.45) is 0 Å². The first-order chi connectivity index (χ1) is 5.01. The maximum absolute atomic E-state index is 10.9. The normalized spacial score (nSPS) is 11.2. The van der Waals surface area contributed by atoms with Crippen LogP contribution >= 0.6 is 23.5 Å². The minimum Gasteiger partial charge on any atom is -0.479 e. The Morgan fingerprint density at radius 2 is 1.64 bits per heavy atom. The summed E-state index contributed by atoms with van der Waals surface area (Å²) in [6.45, 7) is 1.29. The number of hydrogen-bond acceptors (Lipinski definition) is 4. The van der Waals surface area contributed by atoms with Crippen molar-refractivity contribution in [1.82, 2.24) is 0 Å². The van der Waals surface area contributed by atoms with Crippen molar-refractivity contribution in [1.29, 1.82) is 0 Å². The lowest BCUT2D eigenvalue weighted by Gasteiger charge is -2.20. The molecule has 0 fully saturated rings. The van der Waals surface area contributed by atoms with Crippen LogP contribution in [0.3, 0.4) is 0 Å². The van der Waals surface area contributed by atoms with E-state index in [1.54, 1.807) is 12.5 Å². The third-order valence-electron chi connectivity index (χ3n) is 1.32. The molecule has 0 atom stereocenters. The second-order valence-electron chi connectivity index (χ2n) is 1.89. The van der Waals surface area contributed by atoms with Crippen LogP contribution in [0.1, 0.15) is 6.92 Å². The highest BCUT2D eigenvalue weighted by Crippen LogP contribution is 2.34. The quantitative estimate of drug-likeness (QED) is 0.536. The largest absolute Gasteiger partial charge is 0.479 e. The molecule has 0 aliphatic carbocycles. The summed E-state index contributed by atoms with van der Waals surface area (Å²) in [6, 6.07) is 0. The van der Waals surface area contributed by atoms with E-state index in [4.69, 9.17) is 5.11 Å². The molecule has 0 spiro atoms. The molecule has 0 aromatic carbocycles. The number of carboxylic acid groups (broad SMARTS) is 1. The maximum Gasteiger partial charge on any atom is 0.337 e. The van der Waals surface area contributed by atoms with Crippen LogP contribution in [0.4, 0.5) is 0 Å². The second kappa shape index (κ2) is 4.01. The summed E-state index contributed by atoms with van der Waals surface area (Å²) in [5.74, 6) is -1.41. The fourth-order valence-electron chi connectivity index (χ4n) is 0.696. The molecule has 64 valence electrons. The Labute approximate surface area is 73.9 Å². The lowest BCUT2D eigenvalue weighted by atomic mass is 10.3. The van der Waals surface area contributed by atoms with Crippen LogP contribution in [0.25, 0.3) is 0 Å². The summed E-state index contributed by atoms with van der Waals surface area (Å²) >= 11 is 2.09. The highest BCUT2D eigenvalue weighted by atomic mass is 32.2. The number of aliphatic carboxylic acids is 1. The van der Waals surface area contributed by atoms with Gasteiger partial charge in [0.25, 0.3) is 0 Å². The molecule has 0 aromatic heterocycles. The minimum atomic E-state index is -1.31. The van der Waals surface area contributed by atoms with Crippen molar-refractivity contribution in [3.63, 3.8) is 0 Å². The molecule has 0 heterocycles. The third-order valence-corrected chi connectivity index (χ3v) is 4.39. The van der Waals surface area contributed by atoms with E-state index in [0.717, 1.165) is 23.5 Å². The van der Waals surface area contributed by atoms with Crippen molar-refractivity contribution < 1.29 is 14.7 Å². The Balaban J connectivity index is 4.76. The molecule has 11 heavy (non-hydrogen) atoms. The molecular formula is C6H10O3S2. The van der Waals surface area contributed by atoms with Crippen molar-refractivity contribution >= 4 is 35.3 Å². The molecule has 0 rings (SSSR count). The molecule has 3 nitrogen and oxygen atoms in total. The SMILES string of the molecule is CSC(SC)(C(C)=O)C(=O)O. The smallest absolute Gasteiger partial charge is 0.337 e. The molecule has 0 unspecified atom stereocenters. The van der Waals surface area contributed by atoms with E-state index in [2.05, 4.69) is 0 Å². The van der Waals surface area contributed by atoms with Crippen LogP contribution < -0.4 is 0 Å². The van der Waals surface area contributed by atoms with Gasteiger partial charge in [-0.15, -0.1) is 23.5 Å². The van der Waals surface area contributed by atoms with Gasteiger partial charge in [0.2, 0.25) is 4.08 Å². The Morgan fingerprint density at radius 3 is 1.64 bits per heavy atom. The lowest BCUT2D eigenvalue weighted by molar-refractivity contribution is -0.140. The zero-order chi connectivity index (χ0) is 9.07. The van der Waals surface area contributed by atoms with Crippen molar-refractivity contribution in [3.8, 4) is 0 Å². The molecule has 0 amide bonds. The van der Waals surface area contributed by atoms with E-state index < -0.39 is 10.0 Å². The highest BCUT2D eigenvalue weighted by Gasteiger charge is 2.42. The van der Waals surface area contributed by atoms with Gasteiger partial charge in [0.05, 0.1) is 0 Å². The summed E-state index contributed by atoms with van der Waals surface area (Å²) < 4.78 is -1.31. The van der Waals surface area contributed by atoms with E-state index in [0.29, 0.717) is 0 Å². The van der Waals surface area contributed by atoms with Gasteiger partial charge >= 0.3 is 5.97 Å². The number of carbonyl (C=O) groups excluding carboxylic acids is 1. The molecule has 0 saturated heterocycles. The molecule has 0 saturated carbocycles. The summed E-state index contributed by atoms with van der Waals surface area (Å²) in [5.41, 5.74) is 0. The van der Waals surface area contributed by atoms with Crippen LogP contribution in [-0.2, 0) is 9.59 Å².